The number of anilines is 1. The van der Waals surface area contributed by atoms with E-state index >= 15 is 0 Å². The smallest absolute Gasteiger partial charge is 0.305 e. The van der Waals surface area contributed by atoms with Crippen LogP contribution in [0.25, 0.3) is 0 Å². The van der Waals surface area contributed by atoms with Crippen molar-refractivity contribution in [1.82, 2.24) is 4.90 Å². The summed E-state index contributed by atoms with van der Waals surface area (Å²) in [6.07, 6.45) is 0.167. The van der Waals surface area contributed by atoms with Crippen LogP contribution in [0.2, 0.25) is 0 Å². The van der Waals surface area contributed by atoms with Crippen molar-refractivity contribution in [2.45, 2.75) is 32.0 Å². The van der Waals surface area contributed by atoms with Gasteiger partial charge < -0.3 is 10.0 Å². The Balaban J connectivity index is 1.79. The first kappa shape index (κ1) is 16.5. The third kappa shape index (κ3) is 3.95. The van der Waals surface area contributed by atoms with Crippen LogP contribution in [-0.4, -0.2) is 41.1 Å². The lowest BCUT2D eigenvalue weighted by Crippen LogP contribution is -2.58. The fraction of sp³-hybridized carbons (Fsp3) is 0.350. The number of benzene rings is 2. The lowest BCUT2D eigenvalue weighted by molar-refractivity contribution is -0.138. The van der Waals surface area contributed by atoms with E-state index in [0.29, 0.717) is 6.04 Å². The molecule has 2 aromatic rings. The maximum absolute atomic E-state index is 11.4. The predicted octanol–water partition coefficient (Wildman–Crippen LogP) is 3.24. The number of piperazine rings is 1. The number of aliphatic carboxylic acids is 1. The van der Waals surface area contributed by atoms with Gasteiger partial charge in [0.05, 0.1) is 6.42 Å². The van der Waals surface area contributed by atoms with Gasteiger partial charge in [0.2, 0.25) is 0 Å². The zero-order valence-electron chi connectivity index (χ0n) is 14.0. The molecule has 1 aliphatic rings. The van der Waals surface area contributed by atoms with Gasteiger partial charge in [0.1, 0.15) is 0 Å². The van der Waals surface area contributed by atoms with Crippen molar-refractivity contribution in [2.24, 2.45) is 0 Å². The Morgan fingerprint density at radius 3 is 2.29 bits per heavy atom. The topological polar surface area (TPSA) is 43.8 Å². The second-order valence-corrected chi connectivity index (χ2v) is 6.50. The zero-order valence-corrected chi connectivity index (χ0v) is 14.0. The summed E-state index contributed by atoms with van der Waals surface area (Å²) in [5, 5.41) is 9.35. The van der Waals surface area contributed by atoms with Crippen molar-refractivity contribution in [3.05, 3.63) is 66.2 Å². The Kier molecular flexibility index (Phi) is 5.16. The van der Waals surface area contributed by atoms with E-state index in [1.54, 1.807) is 0 Å². The van der Waals surface area contributed by atoms with Crippen LogP contribution in [0.3, 0.4) is 0 Å². The molecule has 0 saturated carbocycles. The molecule has 4 heteroatoms. The first-order valence-electron chi connectivity index (χ1n) is 8.45. The molecule has 0 amide bonds. The number of carboxylic acids is 1. The van der Waals surface area contributed by atoms with Gasteiger partial charge in [-0.25, -0.2) is 0 Å². The average Bonchev–Trinajstić information content (AvgIpc) is 2.59. The number of carbonyl (C=O) groups is 1. The van der Waals surface area contributed by atoms with Crippen molar-refractivity contribution in [3.63, 3.8) is 0 Å². The summed E-state index contributed by atoms with van der Waals surface area (Å²) in [5.74, 6) is -0.736. The zero-order chi connectivity index (χ0) is 16.9. The summed E-state index contributed by atoms with van der Waals surface area (Å²) in [6, 6.07) is 20.8. The van der Waals surface area contributed by atoms with Crippen LogP contribution in [0.5, 0.6) is 0 Å². The third-order valence-electron chi connectivity index (χ3n) is 4.69. The van der Waals surface area contributed by atoms with Crippen LogP contribution < -0.4 is 4.90 Å². The molecule has 1 N–H and O–H groups in total. The van der Waals surface area contributed by atoms with Crippen LogP contribution in [0.1, 0.15) is 18.9 Å². The van der Waals surface area contributed by atoms with E-state index in [4.69, 9.17) is 0 Å². The number of hydrogen-bond acceptors (Lipinski definition) is 3. The van der Waals surface area contributed by atoms with Crippen LogP contribution in [-0.2, 0) is 11.3 Å². The lowest BCUT2D eigenvalue weighted by atomic mass is 10.0. The minimum atomic E-state index is -0.736. The van der Waals surface area contributed by atoms with Crippen molar-refractivity contribution in [1.29, 1.82) is 0 Å². The average molecular weight is 324 g/mol. The summed E-state index contributed by atoms with van der Waals surface area (Å²) < 4.78 is 0. The largest absolute Gasteiger partial charge is 0.481 e. The first-order chi connectivity index (χ1) is 11.6. The van der Waals surface area contributed by atoms with E-state index in [0.717, 1.165) is 19.6 Å². The van der Waals surface area contributed by atoms with Crippen molar-refractivity contribution in [2.75, 3.05) is 18.0 Å². The molecule has 2 atom stereocenters. The molecule has 1 heterocycles. The molecular formula is C20H24N2O2. The predicted molar refractivity (Wildman–Crippen MR) is 96.1 cm³/mol. The molecule has 0 aliphatic carbocycles. The highest BCUT2D eigenvalue weighted by Gasteiger charge is 2.33. The molecule has 24 heavy (non-hydrogen) atoms. The Labute approximate surface area is 143 Å². The maximum atomic E-state index is 11.4. The monoisotopic (exact) mass is 324 g/mol. The van der Waals surface area contributed by atoms with E-state index in [9.17, 15) is 9.90 Å². The van der Waals surface area contributed by atoms with Gasteiger partial charge in [-0.3, -0.25) is 9.69 Å². The fourth-order valence-electron chi connectivity index (χ4n) is 3.53. The molecule has 2 aromatic carbocycles. The molecule has 0 radical (unpaired) electrons. The van der Waals surface area contributed by atoms with Crippen LogP contribution >= 0.6 is 0 Å². The van der Waals surface area contributed by atoms with E-state index in [-0.39, 0.29) is 12.5 Å². The summed E-state index contributed by atoms with van der Waals surface area (Å²) >= 11 is 0. The van der Waals surface area contributed by atoms with Crippen molar-refractivity contribution >= 4 is 11.7 Å². The molecule has 1 aliphatic heterocycles. The molecule has 0 aromatic heterocycles. The number of hydrogen-bond donors (Lipinski definition) is 1. The van der Waals surface area contributed by atoms with Gasteiger partial charge in [0.25, 0.3) is 0 Å². The number of para-hydroxylation sites is 1. The van der Waals surface area contributed by atoms with Crippen molar-refractivity contribution < 1.29 is 9.90 Å². The molecule has 1 saturated heterocycles. The third-order valence-corrected chi connectivity index (χ3v) is 4.69. The minimum absolute atomic E-state index is 0.00617. The molecule has 126 valence electrons. The molecule has 0 bridgehead atoms. The highest BCUT2D eigenvalue weighted by Crippen LogP contribution is 2.25. The van der Waals surface area contributed by atoms with Gasteiger partial charge in [-0.2, -0.15) is 0 Å². The molecule has 3 rings (SSSR count). The van der Waals surface area contributed by atoms with Crippen molar-refractivity contribution in [3.8, 4) is 0 Å². The second-order valence-electron chi connectivity index (χ2n) is 6.50. The number of rotatable bonds is 5. The fourth-order valence-corrected chi connectivity index (χ4v) is 3.53. The van der Waals surface area contributed by atoms with E-state index in [1.165, 1.54) is 11.3 Å². The molecule has 0 spiro atoms. The molecule has 4 nitrogen and oxygen atoms in total. The molecule has 0 unspecified atom stereocenters. The highest BCUT2D eigenvalue weighted by atomic mass is 16.4. The van der Waals surface area contributed by atoms with Crippen LogP contribution in [0.4, 0.5) is 5.69 Å². The van der Waals surface area contributed by atoms with Gasteiger partial charge in [-0.15, -0.1) is 0 Å². The highest BCUT2D eigenvalue weighted by molar-refractivity contribution is 5.67. The van der Waals surface area contributed by atoms with Gasteiger partial charge in [-0.05, 0) is 24.6 Å². The maximum Gasteiger partial charge on any atom is 0.305 e. The standard InChI is InChI=1S/C20H24N2O2/c1-16-13-21(18-10-6-3-7-11-18)15-19(12-20(23)24)22(16)14-17-8-4-2-5-9-17/h2-11,16,19H,12-15H2,1H3,(H,23,24)/t16-,19-/m0/s1. The molecular weight excluding hydrogens is 300 g/mol. The summed E-state index contributed by atoms with van der Waals surface area (Å²) in [6.45, 7) is 4.63. The number of carboxylic acid groups (broad SMARTS) is 1. The number of nitrogens with zero attached hydrogens (tertiary/aromatic N) is 2. The minimum Gasteiger partial charge on any atom is -0.481 e. The lowest BCUT2D eigenvalue weighted by Gasteiger charge is -2.46. The second kappa shape index (κ2) is 7.49. The van der Waals surface area contributed by atoms with Crippen LogP contribution in [0.15, 0.2) is 60.7 Å². The van der Waals surface area contributed by atoms with E-state index in [2.05, 4.69) is 41.0 Å². The Hall–Kier alpha value is -2.33. The Morgan fingerprint density at radius 2 is 1.67 bits per heavy atom. The SMILES string of the molecule is C[C@H]1CN(c2ccccc2)C[C@H](CC(=O)O)N1Cc1ccccc1. The summed E-state index contributed by atoms with van der Waals surface area (Å²) in [7, 11) is 0. The van der Waals surface area contributed by atoms with Gasteiger partial charge in [-0.1, -0.05) is 48.5 Å². The van der Waals surface area contributed by atoms with Gasteiger partial charge >= 0.3 is 5.97 Å². The Morgan fingerprint density at radius 1 is 1.04 bits per heavy atom. The van der Waals surface area contributed by atoms with Crippen LogP contribution in [0, 0.1) is 0 Å². The summed E-state index contributed by atoms with van der Waals surface area (Å²) in [5.41, 5.74) is 2.40. The molecule has 1 fully saturated rings. The van der Waals surface area contributed by atoms with E-state index in [1.807, 2.05) is 36.4 Å². The quantitative estimate of drug-likeness (QED) is 0.917. The van der Waals surface area contributed by atoms with E-state index < -0.39 is 5.97 Å². The van der Waals surface area contributed by atoms with Gasteiger partial charge in [0, 0.05) is 37.4 Å². The normalized spacial score (nSPS) is 21.6. The Bertz CT molecular complexity index is 660. The summed E-state index contributed by atoms with van der Waals surface area (Å²) in [4.78, 5) is 16.0. The first-order valence-corrected chi connectivity index (χ1v) is 8.45. The van der Waals surface area contributed by atoms with Gasteiger partial charge in [0.15, 0.2) is 0 Å².